The Balaban J connectivity index is 1.70. The van der Waals surface area contributed by atoms with Gasteiger partial charge in [-0.05, 0) is 98.7 Å². The zero-order valence-corrected chi connectivity index (χ0v) is 21.4. The van der Waals surface area contributed by atoms with Crippen molar-refractivity contribution in [2.75, 3.05) is 4.90 Å². The average Bonchev–Trinajstić information content (AvgIpc) is 3.32. The minimum atomic E-state index is -0.112. The van der Waals surface area contributed by atoms with Crippen molar-refractivity contribution < 1.29 is 0 Å². The van der Waals surface area contributed by atoms with E-state index in [-0.39, 0.29) is 12.1 Å². The van der Waals surface area contributed by atoms with Crippen LogP contribution < -0.4 is 10.2 Å². The van der Waals surface area contributed by atoms with E-state index in [1.54, 1.807) is 0 Å². The average molecular weight is 507 g/mol. The van der Waals surface area contributed by atoms with Gasteiger partial charge in [-0.1, -0.05) is 35.3 Å². The molecule has 4 aromatic rings. The minimum absolute atomic E-state index is 0.0944. The van der Waals surface area contributed by atoms with Gasteiger partial charge in [0.05, 0.1) is 17.8 Å². The molecule has 1 N–H and O–H groups in total. The SMILES string of the molecule is Cc1ccc(Cl)cc1-n1c(C)cc([C@@H]2[C@H](c3ccccn3)NC(=S)N2c2ccc(Cl)cc2)c1C. The number of aromatic nitrogens is 2. The molecule has 0 bridgehead atoms. The number of aryl methyl sites for hydroxylation is 2. The number of thiocarbonyl (C=S) groups is 1. The molecule has 1 saturated heterocycles. The van der Waals surface area contributed by atoms with Crippen molar-refractivity contribution in [3.05, 3.63) is 111 Å². The summed E-state index contributed by atoms with van der Waals surface area (Å²) < 4.78 is 2.27. The Hall–Kier alpha value is -2.86. The quantitative estimate of drug-likeness (QED) is 0.294. The van der Waals surface area contributed by atoms with E-state index in [2.05, 4.69) is 52.7 Å². The molecule has 34 heavy (non-hydrogen) atoms. The molecule has 0 amide bonds. The van der Waals surface area contributed by atoms with Crippen LogP contribution in [0.1, 0.15) is 40.3 Å². The van der Waals surface area contributed by atoms with Crippen LogP contribution in [0, 0.1) is 20.8 Å². The summed E-state index contributed by atoms with van der Waals surface area (Å²) in [6, 6.07) is 21.8. The monoisotopic (exact) mass is 506 g/mol. The number of rotatable bonds is 4. The molecule has 0 saturated carbocycles. The van der Waals surface area contributed by atoms with Crippen LogP contribution in [-0.2, 0) is 0 Å². The molecule has 2 aromatic carbocycles. The molecule has 5 rings (SSSR count). The number of nitrogens with zero attached hydrogens (tertiary/aromatic N) is 3. The fourth-order valence-corrected chi connectivity index (χ4v) is 5.47. The van der Waals surface area contributed by atoms with Gasteiger partial charge in [0, 0.05) is 39.0 Å². The molecular formula is C27H24Cl2N4S. The number of pyridine rings is 1. The molecule has 4 nitrogen and oxygen atoms in total. The fourth-order valence-electron chi connectivity index (χ4n) is 4.83. The standard InChI is InChI=1S/C27H24Cl2N4S/c1-16-7-8-20(29)15-24(16)32-17(2)14-22(18(32)3)26-25(23-6-4-5-13-30-23)31-27(34)33(26)21-11-9-19(28)10-12-21/h4-15,25-26H,1-3H3,(H,31,34)/t25-,26+/m0/s1. The second-order valence-corrected chi connectivity index (χ2v) is 9.83. The molecule has 172 valence electrons. The van der Waals surface area contributed by atoms with E-state index >= 15 is 0 Å². The number of hydrogen-bond acceptors (Lipinski definition) is 2. The molecule has 2 atom stereocenters. The first kappa shape index (κ1) is 22.9. The van der Waals surface area contributed by atoms with E-state index < -0.39 is 0 Å². The van der Waals surface area contributed by atoms with Crippen molar-refractivity contribution in [3.8, 4) is 5.69 Å². The maximum atomic E-state index is 6.38. The van der Waals surface area contributed by atoms with E-state index in [1.807, 2.05) is 60.8 Å². The van der Waals surface area contributed by atoms with Gasteiger partial charge in [-0.25, -0.2) is 0 Å². The van der Waals surface area contributed by atoms with Gasteiger partial charge in [-0.2, -0.15) is 0 Å². The number of halogens is 2. The smallest absolute Gasteiger partial charge is 0.174 e. The number of benzene rings is 2. The van der Waals surface area contributed by atoms with Crippen LogP contribution in [-0.4, -0.2) is 14.7 Å². The molecule has 0 spiro atoms. The molecule has 0 radical (unpaired) electrons. The van der Waals surface area contributed by atoms with Crippen molar-refractivity contribution >= 4 is 46.2 Å². The Morgan fingerprint density at radius 1 is 0.912 bits per heavy atom. The Labute approximate surface area is 215 Å². The maximum absolute atomic E-state index is 6.38. The van der Waals surface area contributed by atoms with Crippen LogP contribution in [0.15, 0.2) is 72.9 Å². The van der Waals surface area contributed by atoms with Crippen molar-refractivity contribution in [3.63, 3.8) is 0 Å². The fraction of sp³-hybridized carbons (Fsp3) is 0.185. The highest BCUT2D eigenvalue weighted by Crippen LogP contribution is 2.44. The third-order valence-electron chi connectivity index (χ3n) is 6.40. The Morgan fingerprint density at radius 2 is 1.65 bits per heavy atom. The summed E-state index contributed by atoms with van der Waals surface area (Å²) >= 11 is 18.4. The van der Waals surface area contributed by atoms with Gasteiger partial charge in [0.1, 0.15) is 0 Å². The third-order valence-corrected chi connectivity index (χ3v) is 7.21. The van der Waals surface area contributed by atoms with Gasteiger partial charge < -0.3 is 14.8 Å². The predicted molar refractivity (Wildman–Crippen MR) is 144 cm³/mol. The van der Waals surface area contributed by atoms with Crippen LogP contribution >= 0.6 is 35.4 Å². The topological polar surface area (TPSA) is 33.1 Å². The van der Waals surface area contributed by atoms with E-state index in [4.69, 9.17) is 35.4 Å². The van der Waals surface area contributed by atoms with Crippen LogP contribution in [0.5, 0.6) is 0 Å². The molecule has 1 aliphatic heterocycles. The summed E-state index contributed by atoms with van der Waals surface area (Å²) in [5.74, 6) is 0. The van der Waals surface area contributed by atoms with Gasteiger partial charge in [-0.15, -0.1) is 0 Å². The second-order valence-electron chi connectivity index (χ2n) is 8.57. The van der Waals surface area contributed by atoms with Crippen LogP contribution in [0.4, 0.5) is 5.69 Å². The lowest BCUT2D eigenvalue weighted by atomic mass is 9.96. The van der Waals surface area contributed by atoms with Gasteiger partial charge >= 0.3 is 0 Å². The summed E-state index contributed by atoms with van der Waals surface area (Å²) in [6.07, 6.45) is 1.82. The summed E-state index contributed by atoms with van der Waals surface area (Å²) in [5, 5.41) is 5.59. The van der Waals surface area contributed by atoms with Gasteiger partial charge in [-0.3, -0.25) is 4.98 Å². The predicted octanol–water partition coefficient (Wildman–Crippen LogP) is 7.28. The first-order valence-corrected chi connectivity index (χ1v) is 12.2. The number of anilines is 1. The van der Waals surface area contributed by atoms with Crippen molar-refractivity contribution in [1.29, 1.82) is 0 Å². The number of hydrogen-bond donors (Lipinski definition) is 1. The molecule has 3 heterocycles. The first-order valence-electron chi connectivity index (χ1n) is 11.1. The van der Waals surface area contributed by atoms with E-state index in [1.165, 1.54) is 5.56 Å². The van der Waals surface area contributed by atoms with Crippen LogP contribution in [0.25, 0.3) is 5.69 Å². The Kier molecular flexibility index (Phi) is 6.11. The lowest BCUT2D eigenvalue weighted by Crippen LogP contribution is -2.29. The first-order chi connectivity index (χ1) is 16.3. The number of nitrogens with one attached hydrogen (secondary N) is 1. The molecule has 0 unspecified atom stereocenters. The van der Waals surface area contributed by atoms with Crippen LogP contribution in [0.2, 0.25) is 10.0 Å². The van der Waals surface area contributed by atoms with E-state index in [9.17, 15) is 0 Å². The van der Waals surface area contributed by atoms with Crippen molar-refractivity contribution in [1.82, 2.24) is 14.9 Å². The molecule has 2 aromatic heterocycles. The summed E-state index contributed by atoms with van der Waals surface area (Å²) in [7, 11) is 0. The summed E-state index contributed by atoms with van der Waals surface area (Å²) in [4.78, 5) is 6.83. The third kappa shape index (κ3) is 3.98. The maximum Gasteiger partial charge on any atom is 0.174 e. The van der Waals surface area contributed by atoms with Gasteiger partial charge in [0.25, 0.3) is 0 Å². The Bertz CT molecular complexity index is 1370. The van der Waals surface area contributed by atoms with Gasteiger partial charge in [0.2, 0.25) is 0 Å². The lowest BCUT2D eigenvalue weighted by molar-refractivity contribution is 0.565. The normalized spacial score (nSPS) is 17.8. The highest BCUT2D eigenvalue weighted by atomic mass is 35.5. The second kappa shape index (κ2) is 9.06. The van der Waals surface area contributed by atoms with E-state index in [0.29, 0.717) is 15.2 Å². The molecule has 1 fully saturated rings. The summed E-state index contributed by atoms with van der Waals surface area (Å²) in [5.41, 5.74) is 7.60. The Morgan fingerprint density at radius 3 is 2.35 bits per heavy atom. The highest BCUT2D eigenvalue weighted by Gasteiger charge is 2.42. The van der Waals surface area contributed by atoms with E-state index in [0.717, 1.165) is 34.0 Å². The molecule has 1 aliphatic rings. The minimum Gasteiger partial charge on any atom is -0.351 e. The zero-order valence-electron chi connectivity index (χ0n) is 19.1. The zero-order chi connectivity index (χ0) is 24.0. The highest BCUT2D eigenvalue weighted by molar-refractivity contribution is 7.80. The molecule has 0 aliphatic carbocycles. The molecular weight excluding hydrogens is 483 g/mol. The molecule has 7 heteroatoms. The van der Waals surface area contributed by atoms with Crippen LogP contribution in [0.3, 0.4) is 0 Å². The largest absolute Gasteiger partial charge is 0.351 e. The summed E-state index contributed by atoms with van der Waals surface area (Å²) in [6.45, 7) is 6.38. The van der Waals surface area contributed by atoms with Crippen molar-refractivity contribution in [2.24, 2.45) is 0 Å². The lowest BCUT2D eigenvalue weighted by Gasteiger charge is -2.28. The van der Waals surface area contributed by atoms with Gasteiger partial charge in [0.15, 0.2) is 5.11 Å². The van der Waals surface area contributed by atoms with Crippen molar-refractivity contribution in [2.45, 2.75) is 32.9 Å².